The molecule has 0 heterocycles. The van der Waals surface area contributed by atoms with Crippen molar-refractivity contribution in [2.45, 2.75) is 32.8 Å². The van der Waals surface area contributed by atoms with Crippen LogP contribution in [-0.4, -0.2) is 37.4 Å². The summed E-state index contributed by atoms with van der Waals surface area (Å²) in [4.78, 5) is 12.0. The van der Waals surface area contributed by atoms with Gasteiger partial charge in [0.05, 0.1) is 6.10 Å². The number of methoxy groups -OCH3 is 1. The van der Waals surface area contributed by atoms with Crippen molar-refractivity contribution >= 4 is 23.2 Å². The molecule has 0 radical (unpaired) electrons. The summed E-state index contributed by atoms with van der Waals surface area (Å²) in [5.74, 6) is 0.519. The zero-order valence-electron chi connectivity index (χ0n) is 13.3. The summed E-state index contributed by atoms with van der Waals surface area (Å²) in [6.07, 6.45) is 1.92. The molecule has 1 atom stereocenters. The van der Waals surface area contributed by atoms with Crippen molar-refractivity contribution in [3.05, 3.63) is 29.8 Å². The number of amides is 1. The third kappa shape index (κ3) is 6.87. The van der Waals surface area contributed by atoms with Crippen LogP contribution in [-0.2, 0) is 4.74 Å². The molecule has 0 spiro atoms. The average molecular weight is 324 g/mol. The van der Waals surface area contributed by atoms with Gasteiger partial charge in [-0.1, -0.05) is 6.92 Å². The second-order valence-electron chi connectivity index (χ2n) is 4.92. The maximum atomic E-state index is 12.0. The molecule has 1 aromatic rings. The van der Waals surface area contributed by atoms with Crippen LogP contribution >= 0.6 is 12.2 Å². The normalized spacial score (nSPS) is 11.6. The second-order valence-corrected chi connectivity index (χ2v) is 5.33. The fraction of sp³-hybridized carbons (Fsp3) is 0.500. The topological polar surface area (TPSA) is 59.6 Å². The lowest BCUT2D eigenvalue weighted by molar-refractivity contribution is 0.0976. The highest BCUT2D eigenvalue weighted by Crippen LogP contribution is 2.14. The highest BCUT2D eigenvalue weighted by Gasteiger charge is 2.08. The summed E-state index contributed by atoms with van der Waals surface area (Å²) in [5.41, 5.74) is 0.539. The van der Waals surface area contributed by atoms with Gasteiger partial charge in [0.15, 0.2) is 5.11 Å². The highest BCUT2D eigenvalue weighted by atomic mass is 32.1. The molecule has 0 saturated carbocycles. The lowest BCUT2D eigenvalue weighted by atomic mass is 10.2. The first kappa shape index (κ1) is 18.4. The predicted octanol–water partition coefficient (Wildman–Crippen LogP) is 2.50. The van der Waals surface area contributed by atoms with Gasteiger partial charge in [0.25, 0.3) is 5.91 Å². The minimum atomic E-state index is -0.237. The molecule has 2 N–H and O–H groups in total. The molecular weight excluding hydrogens is 300 g/mol. The van der Waals surface area contributed by atoms with Crippen LogP contribution in [0.1, 0.15) is 37.0 Å². The van der Waals surface area contributed by atoms with Gasteiger partial charge in [-0.3, -0.25) is 10.1 Å². The molecule has 0 aliphatic heterocycles. The van der Waals surface area contributed by atoms with E-state index < -0.39 is 0 Å². The van der Waals surface area contributed by atoms with E-state index in [2.05, 4.69) is 17.6 Å². The van der Waals surface area contributed by atoms with Crippen LogP contribution in [0.25, 0.3) is 0 Å². The summed E-state index contributed by atoms with van der Waals surface area (Å²) >= 11 is 5.07. The lowest BCUT2D eigenvalue weighted by Gasteiger charge is -2.13. The van der Waals surface area contributed by atoms with E-state index in [4.69, 9.17) is 21.7 Å². The van der Waals surface area contributed by atoms with E-state index in [9.17, 15) is 4.79 Å². The standard InChI is InChI=1S/C16H24N2O3S/c1-4-12(2)21-14-8-6-13(7-9-14)15(19)18-16(22)17-10-5-11-20-3/h6-9,12H,4-5,10-11H2,1-3H3,(H2,17,18,19,22). The van der Waals surface area contributed by atoms with E-state index in [-0.39, 0.29) is 12.0 Å². The Balaban J connectivity index is 2.43. The number of carbonyl (C=O) groups excluding carboxylic acids is 1. The molecule has 1 unspecified atom stereocenters. The SMILES string of the molecule is CCC(C)Oc1ccc(C(=O)NC(=S)NCCCOC)cc1. The Bertz CT molecular complexity index is 477. The molecule has 1 aromatic carbocycles. The van der Waals surface area contributed by atoms with E-state index in [1.165, 1.54) is 0 Å². The maximum absolute atomic E-state index is 12.0. The number of hydrogen-bond donors (Lipinski definition) is 2. The van der Waals surface area contributed by atoms with Gasteiger partial charge in [-0.25, -0.2) is 0 Å². The molecule has 1 rings (SSSR count). The van der Waals surface area contributed by atoms with E-state index >= 15 is 0 Å². The number of rotatable bonds is 8. The molecule has 0 bridgehead atoms. The Morgan fingerprint density at radius 1 is 1.32 bits per heavy atom. The van der Waals surface area contributed by atoms with E-state index in [0.29, 0.717) is 23.8 Å². The fourth-order valence-electron chi connectivity index (χ4n) is 1.64. The van der Waals surface area contributed by atoms with Crippen LogP contribution in [0.3, 0.4) is 0 Å². The molecule has 22 heavy (non-hydrogen) atoms. The van der Waals surface area contributed by atoms with Crippen molar-refractivity contribution < 1.29 is 14.3 Å². The van der Waals surface area contributed by atoms with Crippen LogP contribution in [0.5, 0.6) is 5.75 Å². The van der Waals surface area contributed by atoms with Crippen LogP contribution < -0.4 is 15.4 Å². The third-order valence-corrected chi connectivity index (χ3v) is 3.31. The van der Waals surface area contributed by atoms with Gasteiger partial charge >= 0.3 is 0 Å². The van der Waals surface area contributed by atoms with Crippen LogP contribution in [0.2, 0.25) is 0 Å². The van der Waals surface area contributed by atoms with Gasteiger partial charge in [0, 0.05) is 25.8 Å². The molecule has 0 saturated heterocycles. The first-order chi connectivity index (χ1) is 10.6. The van der Waals surface area contributed by atoms with Gasteiger partial charge in [-0.2, -0.15) is 0 Å². The van der Waals surface area contributed by atoms with E-state index in [1.54, 1.807) is 31.4 Å². The summed E-state index contributed by atoms with van der Waals surface area (Å²) in [5, 5.41) is 5.92. The Labute approximate surface area is 137 Å². The van der Waals surface area contributed by atoms with Gasteiger partial charge in [0.2, 0.25) is 0 Å². The van der Waals surface area contributed by atoms with Crippen LogP contribution in [0.15, 0.2) is 24.3 Å². The maximum Gasteiger partial charge on any atom is 0.257 e. The van der Waals surface area contributed by atoms with Crippen molar-refractivity contribution in [2.24, 2.45) is 0 Å². The lowest BCUT2D eigenvalue weighted by Crippen LogP contribution is -2.39. The number of carbonyl (C=O) groups is 1. The molecular formula is C16H24N2O3S. The third-order valence-electron chi connectivity index (χ3n) is 3.07. The van der Waals surface area contributed by atoms with Gasteiger partial charge < -0.3 is 14.8 Å². The Morgan fingerprint density at radius 2 is 2.00 bits per heavy atom. The molecule has 0 aromatic heterocycles. The summed E-state index contributed by atoms with van der Waals surface area (Å²) in [6, 6.07) is 7.02. The molecule has 0 aliphatic rings. The Morgan fingerprint density at radius 3 is 2.59 bits per heavy atom. The summed E-state index contributed by atoms with van der Waals surface area (Å²) in [6.45, 7) is 5.39. The minimum Gasteiger partial charge on any atom is -0.491 e. The van der Waals surface area contributed by atoms with Crippen molar-refractivity contribution in [1.29, 1.82) is 0 Å². The largest absolute Gasteiger partial charge is 0.491 e. The zero-order chi connectivity index (χ0) is 16.4. The monoisotopic (exact) mass is 324 g/mol. The summed E-state index contributed by atoms with van der Waals surface area (Å²) in [7, 11) is 1.65. The average Bonchev–Trinajstić information content (AvgIpc) is 2.52. The summed E-state index contributed by atoms with van der Waals surface area (Å²) < 4.78 is 10.6. The Hall–Kier alpha value is -1.66. The van der Waals surface area contributed by atoms with Crippen molar-refractivity contribution in [3.8, 4) is 5.75 Å². The fourth-order valence-corrected chi connectivity index (χ4v) is 1.83. The highest BCUT2D eigenvalue weighted by molar-refractivity contribution is 7.80. The number of nitrogens with one attached hydrogen (secondary N) is 2. The molecule has 0 aliphatic carbocycles. The molecule has 1 amide bonds. The van der Waals surface area contributed by atoms with Crippen molar-refractivity contribution in [3.63, 3.8) is 0 Å². The second kappa shape index (κ2) is 10.1. The quantitative estimate of drug-likeness (QED) is 0.568. The van der Waals surface area contributed by atoms with E-state index in [1.807, 2.05) is 6.92 Å². The van der Waals surface area contributed by atoms with Crippen LogP contribution in [0.4, 0.5) is 0 Å². The van der Waals surface area contributed by atoms with Gasteiger partial charge in [0.1, 0.15) is 5.75 Å². The molecule has 5 nitrogen and oxygen atoms in total. The van der Waals surface area contributed by atoms with Gasteiger partial charge in [-0.05, 0) is 56.2 Å². The van der Waals surface area contributed by atoms with E-state index in [0.717, 1.165) is 18.6 Å². The number of thiocarbonyl (C=S) groups is 1. The molecule has 0 fully saturated rings. The number of benzene rings is 1. The molecule has 6 heteroatoms. The Kier molecular flexibility index (Phi) is 8.47. The minimum absolute atomic E-state index is 0.156. The van der Waals surface area contributed by atoms with Gasteiger partial charge in [-0.15, -0.1) is 0 Å². The first-order valence-electron chi connectivity index (χ1n) is 7.41. The predicted molar refractivity (Wildman–Crippen MR) is 91.4 cm³/mol. The smallest absolute Gasteiger partial charge is 0.257 e. The first-order valence-corrected chi connectivity index (χ1v) is 7.82. The van der Waals surface area contributed by atoms with Crippen molar-refractivity contribution in [2.75, 3.05) is 20.3 Å². The van der Waals surface area contributed by atoms with Crippen molar-refractivity contribution in [1.82, 2.24) is 10.6 Å². The number of ether oxygens (including phenoxy) is 2. The van der Waals surface area contributed by atoms with Crippen LogP contribution in [0, 0.1) is 0 Å². The zero-order valence-corrected chi connectivity index (χ0v) is 14.2. The number of hydrogen-bond acceptors (Lipinski definition) is 4. The molecule has 122 valence electrons.